The number of esters is 2. The Kier molecular flexibility index (Phi) is 5.46. The highest BCUT2D eigenvalue weighted by molar-refractivity contribution is 6.00. The third-order valence-electron chi connectivity index (χ3n) is 2.38. The number of hydrogen-bond acceptors (Lipinski definition) is 5. The zero-order valence-corrected chi connectivity index (χ0v) is 11.4. The molecular weight excluding hydrogens is 262 g/mol. The van der Waals surface area contributed by atoms with Crippen LogP contribution in [0.4, 0.5) is 0 Å². The molecule has 1 aromatic rings. The maximum absolute atomic E-state index is 11.6. The molecule has 0 aliphatic rings. The van der Waals surface area contributed by atoms with Crippen LogP contribution >= 0.6 is 0 Å². The Morgan fingerprint density at radius 1 is 1.10 bits per heavy atom. The van der Waals surface area contributed by atoms with E-state index in [1.807, 2.05) is 0 Å². The normalized spacial score (nSPS) is 10.7. The van der Waals surface area contributed by atoms with E-state index in [2.05, 4.69) is 14.8 Å². The summed E-state index contributed by atoms with van der Waals surface area (Å²) < 4.78 is 9.23. The summed E-state index contributed by atoms with van der Waals surface area (Å²) in [5.41, 5.74) is 0.659. The molecule has 0 heterocycles. The summed E-state index contributed by atoms with van der Waals surface area (Å²) in [6.07, 6.45) is 1.36. The maximum Gasteiger partial charge on any atom is 0.354 e. The molecule has 0 atom stereocenters. The lowest BCUT2D eigenvalue weighted by atomic mass is 10.1. The SMILES string of the molecule is COC(=O)/C(=C/c1ccccc1C(=O)OC)NC(C)=O. The molecule has 1 aromatic carbocycles. The summed E-state index contributed by atoms with van der Waals surface area (Å²) in [6, 6.07) is 6.54. The highest BCUT2D eigenvalue weighted by Gasteiger charge is 2.15. The van der Waals surface area contributed by atoms with Gasteiger partial charge in [0.15, 0.2) is 0 Å². The van der Waals surface area contributed by atoms with Crippen molar-refractivity contribution in [1.29, 1.82) is 0 Å². The van der Waals surface area contributed by atoms with Gasteiger partial charge in [0.05, 0.1) is 19.8 Å². The summed E-state index contributed by atoms with van der Waals surface area (Å²) in [6.45, 7) is 1.27. The van der Waals surface area contributed by atoms with Gasteiger partial charge in [-0.25, -0.2) is 9.59 Å². The topological polar surface area (TPSA) is 81.7 Å². The van der Waals surface area contributed by atoms with Gasteiger partial charge in [0.1, 0.15) is 5.70 Å². The lowest BCUT2D eigenvalue weighted by Gasteiger charge is -2.08. The van der Waals surface area contributed by atoms with Gasteiger partial charge in [0, 0.05) is 6.92 Å². The number of amides is 1. The highest BCUT2D eigenvalue weighted by atomic mass is 16.5. The molecule has 0 saturated heterocycles. The summed E-state index contributed by atoms with van der Waals surface area (Å²) in [5.74, 6) is -1.67. The molecule has 0 spiro atoms. The second kappa shape index (κ2) is 7.08. The first kappa shape index (κ1) is 15.4. The van der Waals surface area contributed by atoms with Gasteiger partial charge in [0.2, 0.25) is 5.91 Å². The van der Waals surface area contributed by atoms with Crippen LogP contribution in [-0.4, -0.2) is 32.1 Å². The second-order valence-corrected chi connectivity index (χ2v) is 3.81. The van der Waals surface area contributed by atoms with E-state index in [1.54, 1.807) is 24.3 Å². The number of benzene rings is 1. The summed E-state index contributed by atoms with van der Waals surface area (Å²) in [4.78, 5) is 34.3. The quantitative estimate of drug-likeness (QED) is 0.659. The average molecular weight is 277 g/mol. The fourth-order valence-electron chi connectivity index (χ4n) is 1.52. The third-order valence-corrected chi connectivity index (χ3v) is 2.38. The average Bonchev–Trinajstić information content (AvgIpc) is 2.45. The van der Waals surface area contributed by atoms with Crippen molar-refractivity contribution in [2.75, 3.05) is 14.2 Å². The zero-order valence-electron chi connectivity index (χ0n) is 11.4. The van der Waals surface area contributed by atoms with E-state index < -0.39 is 17.8 Å². The van der Waals surface area contributed by atoms with Crippen molar-refractivity contribution in [3.63, 3.8) is 0 Å². The summed E-state index contributed by atoms with van der Waals surface area (Å²) in [5, 5.41) is 2.36. The lowest BCUT2D eigenvalue weighted by Crippen LogP contribution is -2.25. The van der Waals surface area contributed by atoms with Crippen LogP contribution in [0.3, 0.4) is 0 Å². The lowest BCUT2D eigenvalue weighted by molar-refractivity contribution is -0.137. The Balaban J connectivity index is 3.26. The van der Waals surface area contributed by atoms with E-state index in [9.17, 15) is 14.4 Å². The van der Waals surface area contributed by atoms with Crippen molar-refractivity contribution in [2.24, 2.45) is 0 Å². The van der Waals surface area contributed by atoms with Gasteiger partial charge in [-0.1, -0.05) is 18.2 Å². The van der Waals surface area contributed by atoms with Gasteiger partial charge in [-0.3, -0.25) is 4.79 Å². The predicted molar refractivity (Wildman–Crippen MR) is 71.6 cm³/mol. The molecule has 0 saturated carbocycles. The molecule has 6 nitrogen and oxygen atoms in total. The molecule has 0 aromatic heterocycles. The number of carbonyl (C=O) groups is 3. The number of ether oxygens (including phenoxy) is 2. The van der Waals surface area contributed by atoms with E-state index in [1.165, 1.54) is 27.2 Å². The van der Waals surface area contributed by atoms with E-state index in [4.69, 9.17) is 0 Å². The summed E-state index contributed by atoms with van der Waals surface area (Å²) in [7, 11) is 2.46. The molecule has 1 N–H and O–H groups in total. The van der Waals surface area contributed by atoms with Crippen molar-refractivity contribution < 1.29 is 23.9 Å². The minimum atomic E-state index is -0.708. The van der Waals surface area contributed by atoms with Crippen molar-refractivity contribution in [3.05, 3.63) is 41.1 Å². The van der Waals surface area contributed by atoms with Gasteiger partial charge in [-0.2, -0.15) is 0 Å². The first-order chi connectivity index (χ1) is 9.49. The molecule has 20 heavy (non-hydrogen) atoms. The molecule has 0 bridgehead atoms. The number of nitrogens with one attached hydrogen (secondary N) is 1. The first-order valence-electron chi connectivity index (χ1n) is 5.74. The predicted octanol–water partition coefficient (Wildman–Crippen LogP) is 1.12. The Hall–Kier alpha value is -2.63. The number of hydrogen-bond donors (Lipinski definition) is 1. The van der Waals surface area contributed by atoms with Crippen LogP contribution < -0.4 is 5.32 Å². The van der Waals surface area contributed by atoms with Crippen LogP contribution in [0.5, 0.6) is 0 Å². The van der Waals surface area contributed by atoms with Gasteiger partial charge in [-0.05, 0) is 17.7 Å². The second-order valence-electron chi connectivity index (χ2n) is 3.81. The van der Waals surface area contributed by atoms with Crippen LogP contribution in [0.2, 0.25) is 0 Å². The highest BCUT2D eigenvalue weighted by Crippen LogP contribution is 2.14. The van der Waals surface area contributed by atoms with Crippen LogP contribution in [0.1, 0.15) is 22.8 Å². The smallest absolute Gasteiger partial charge is 0.354 e. The monoisotopic (exact) mass is 277 g/mol. The van der Waals surface area contributed by atoms with E-state index in [-0.39, 0.29) is 11.3 Å². The van der Waals surface area contributed by atoms with Gasteiger partial charge in [-0.15, -0.1) is 0 Å². The van der Waals surface area contributed by atoms with E-state index in [0.29, 0.717) is 5.56 Å². The Morgan fingerprint density at radius 2 is 1.75 bits per heavy atom. The Morgan fingerprint density at radius 3 is 2.30 bits per heavy atom. The fraction of sp³-hybridized carbons (Fsp3) is 0.214. The molecule has 6 heteroatoms. The molecule has 1 rings (SSSR count). The molecule has 0 aliphatic heterocycles. The fourth-order valence-corrected chi connectivity index (χ4v) is 1.52. The number of carbonyl (C=O) groups excluding carboxylic acids is 3. The van der Waals surface area contributed by atoms with Gasteiger partial charge >= 0.3 is 11.9 Å². The number of rotatable bonds is 4. The molecule has 1 amide bonds. The van der Waals surface area contributed by atoms with Crippen LogP contribution in [0.15, 0.2) is 30.0 Å². The molecule has 0 radical (unpaired) electrons. The zero-order chi connectivity index (χ0) is 15.1. The van der Waals surface area contributed by atoms with E-state index >= 15 is 0 Å². The van der Waals surface area contributed by atoms with Crippen molar-refractivity contribution in [3.8, 4) is 0 Å². The van der Waals surface area contributed by atoms with Crippen molar-refractivity contribution >= 4 is 23.9 Å². The van der Waals surface area contributed by atoms with Crippen molar-refractivity contribution in [1.82, 2.24) is 5.32 Å². The van der Waals surface area contributed by atoms with Crippen LogP contribution in [0, 0.1) is 0 Å². The van der Waals surface area contributed by atoms with Crippen LogP contribution in [-0.2, 0) is 19.1 Å². The molecular formula is C14H15NO5. The van der Waals surface area contributed by atoms with Crippen molar-refractivity contribution in [2.45, 2.75) is 6.92 Å². The molecule has 106 valence electrons. The van der Waals surface area contributed by atoms with Gasteiger partial charge < -0.3 is 14.8 Å². The molecule has 0 aliphatic carbocycles. The maximum atomic E-state index is 11.6. The van der Waals surface area contributed by atoms with Crippen LogP contribution in [0.25, 0.3) is 6.08 Å². The Labute approximate surface area is 116 Å². The summed E-state index contributed by atoms with van der Waals surface area (Å²) >= 11 is 0. The molecule has 0 unspecified atom stereocenters. The number of methoxy groups -OCH3 is 2. The minimum Gasteiger partial charge on any atom is -0.465 e. The minimum absolute atomic E-state index is 0.0589. The van der Waals surface area contributed by atoms with E-state index in [0.717, 1.165) is 0 Å². The standard InChI is InChI=1S/C14H15NO5/c1-9(16)15-12(14(18)20-3)8-10-6-4-5-7-11(10)13(17)19-2/h4-8H,1-3H3,(H,15,16)/b12-8-. The Bertz CT molecular complexity index is 562. The first-order valence-corrected chi connectivity index (χ1v) is 5.74. The molecule has 0 fully saturated rings. The largest absolute Gasteiger partial charge is 0.465 e. The van der Waals surface area contributed by atoms with Gasteiger partial charge in [0.25, 0.3) is 0 Å². The third kappa shape index (κ3) is 3.94.